The van der Waals surface area contributed by atoms with Crippen molar-refractivity contribution in [1.29, 1.82) is 0 Å². The van der Waals surface area contributed by atoms with Crippen LogP contribution in [0.4, 0.5) is 0 Å². The third kappa shape index (κ3) is 3.40. The van der Waals surface area contributed by atoms with E-state index in [-0.39, 0.29) is 17.3 Å². The molecule has 0 aromatic carbocycles. The molecule has 1 heterocycles. The third-order valence-electron chi connectivity index (χ3n) is 3.74. The molecule has 6 heteroatoms. The van der Waals surface area contributed by atoms with Crippen molar-refractivity contribution in [3.05, 3.63) is 0 Å². The lowest BCUT2D eigenvalue weighted by molar-refractivity contribution is 0.0980. The Morgan fingerprint density at radius 3 is 2.35 bits per heavy atom. The zero-order valence-corrected chi connectivity index (χ0v) is 10.9. The Balaban J connectivity index is 1.95. The van der Waals surface area contributed by atoms with Gasteiger partial charge in [0.15, 0.2) is 0 Å². The first-order valence-corrected chi connectivity index (χ1v) is 7.99. The molecule has 0 unspecified atom stereocenters. The molecule has 2 aliphatic rings. The van der Waals surface area contributed by atoms with Crippen molar-refractivity contribution in [2.45, 2.75) is 55.9 Å². The molecule has 2 rings (SSSR count). The van der Waals surface area contributed by atoms with Gasteiger partial charge in [-0.3, -0.25) is 0 Å². The molecule has 0 radical (unpaired) electrons. The molecule has 5 nitrogen and oxygen atoms in total. The van der Waals surface area contributed by atoms with E-state index < -0.39 is 10.0 Å². The van der Waals surface area contributed by atoms with Crippen LogP contribution in [0, 0.1) is 0 Å². The van der Waals surface area contributed by atoms with Gasteiger partial charge in [0.05, 0.1) is 5.25 Å². The lowest BCUT2D eigenvalue weighted by Gasteiger charge is -2.31. The van der Waals surface area contributed by atoms with E-state index in [9.17, 15) is 8.42 Å². The molecule has 0 spiro atoms. The summed E-state index contributed by atoms with van der Waals surface area (Å²) in [6.45, 7) is 1.09. The molecular weight excluding hydrogens is 240 g/mol. The second kappa shape index (κ2) is 5.65. The number of hydrogen-bond acceptors (Lipinski definition) is 4. The van der Waals surface area contributed by atoms with Crippen LogP contribution in [0.15, 0.2) is 0 Å². The smallest absolute Gasteiger partial charge is 0.214 e. The van der Waals surface area contributed by atoms with Gasteiger partial charge in [-0.15, -0.1) is 0 Å². The molecule has 0 bridgehead atoms. The first kappa shape index (κ1) is 13.3. The predicted molar refractivity (Wildman–Crippen MR) is 66.1 cm³/mol. The van der Waals surface area contributed by atoms with Gasteiger partial charge >= 0.3 is 0 Å². The maximum atomic E-state index is 12.2. The van der Waals surface area contributed by atoms with E-state index in [4.69, 9.17) is 10.5 Å². The highest BCUT2D eigenvalue weighted by Gasteiger charge is 2.32. The fraction of sp³-hybridized carbons (Fsp3) is 1.00. The topological polar surface area (TPSA) is 81.4 Å². The van der Waals surface area contributed by atoms with E-state index in [2.05, 4.69) is 4.72 Å². The number of hydrogen-bond donors (Lipinski definition) is 2. The minimum Gasteiger partial charge on any atom is -0.381 e. The molecule has 0 aromatic heterocycles. The van der Waals surface area contributed by atoms with Crippen molar-refractivity contribution in [2.75, 3.05) is 13.2 Å². The van der Waals surface area contributed by atoms with E-state index in [0.717, 1.165) is 25.7 Å². The zero-order chi connectivity index (χ0) is 12.3. The van der Waals surface area contributed by atoms with E-state index in [1.54, 1.807) is 0 Å². The van der Waals surface area contributed by atoms with Gasteiger partial charge in [0, 0.05) is 25.3 Å². The molecule has 2 atom stereocenters. The Labute approximate surface area is 103 Å². The van der Waals surface area contributed by atoms with Gasteiger partial charge in [-0.25, -0.2) is 13.1 Å². The highest BCUT2D eigenvalue weighted by atomic mass is 32.2. The standard InChI is InChI=1S/C11H22N2O3S/c12-10-3-1-2-4-11(10)13-17(14,15)9-5-7-16-8-6-9/h9-11,13H,1-8,12H2/t10-,11-/m1/s1. The first-order valence-electron chi connectivity index (χ1n) is 6.44. The number of rotatable bonds is 3. The Morgan fingerprint density at radius 2 is 1.71 bits per heavy atom. The van der Waals surface area contributed by atoms with E-state index >= 15 is 0 Å². The van der Waals surface area contributed by atoms with Crippen molar-refractivity contribution in [3.8, 4) is 0 Å². The van der Waals surface area contributed by atoms with Crippen LogP contribution in [-0.2, 0) is 14.8 Å². The Hall–Kier alpha value is -0.170. The van der Waals surface area contributed by atoms with Gasteiger partial charge < -0.3 is 10.5 Å². The average Bonchev–Trinajstić information content (AvgIpc) is 2.33. The van der Waals surface area contributed by atoms with E-state index in [1.165, 1.54) is 0 Å². The predicted octanol–water partition coefficient (Wildman–Crippen LogP) is 0.355. The largest absolute Gasteiger partial charge is 0.381 e. The monoisotopic (exact) mass is 262 g/mol. The van der Waals surface area contributed by atoms with Crippen LogP contribution in [0.3, 0.4) is 0 Å². The molecule has 1 aliphatic carbocycles. The molecule has 1 saturated carbocycles. The minimum atomic E-state index is -3.23. The van der Waals surface area contributed by atoms with Gasteiger partial charge in [-0.05, 0) is 25.7 Å². The fourth-order valence-electron chi connectivity index (χ4n) is 2.60. The Kier molecular flexibility index (Phi) is 4.41. The fourth-order valence-corrected chi connectivity index (χ4v) is 4.32. The normalized spacial score (nSPS) is 32.5. The van der Waals surface area contributed by atoms with Crippen molar-refractivity contribution >= 4 is 10.0 Å². The van der Waals surface area contributed by atoms with E-state index in [0.29, 0.717) is 26.1 Å². The first-order chi connectivity index (χ1) is 8.09. The Bertz CT molecular complexity index is 339. The number of nitrogens with one attached hydrogen (secondary N) is 1. The van der Waals surface area contributed by atoms with Crippen LogP contribution in [0.5, 0.6) is 0 Å². The molecule has 1 saturated heterocycles. The summed E-state index contributed by atoms with van der Waals surface area (Å²) in [4.78, 5) is 0. The summed E-state index contributed by atoms with van der Waals surface area (Å²) in [6.07, 6.45) is 5.14. The summed E-state index contributed by atoms with van der Waals surface area (Å²) >= 11 is 0. The molecule has 3 N–H and O–H groups in total. The molecule has 17 heavy (non-hydrogen) atoms. The van der Waals surface area contributed by atoms with Gasteiger partial charge in [-0.1, -0.05) is 12.8 Å². The second-order valence-electron chi connectivity index (χ2n) is 5.03. The lowest BCUT2D eigenvalue weighted by atomic mass is 9.92. The van der Waals surface area contributed by atoms with Crippen LogP contribution >= 0.6 is 0 Å². The van der Waals surface area contributed by atoms with Crippen molar-refractivity contribution in [1.82, 2.24) is 4.72 Å². The van der Waals surface area contributed by atoms with Gasteiger partial charge in [0.2, 0.25) is 10.0 Å². The summed E-state index contributed by atoms with van der Waals surface area (Å²) < 4.78 is 32.3. The van der Waals surface area contributed by atoms with Crippen molar-refractivity contribution in [3.63, 3.8) is 0 Å². The quantitative estimate of drug-likeness (QED) is 0.769. The molecule has 2 fully saturated rings. The number of sulfonamides is 1. The van der Waals surface area contributed by atoms with E-state index in [1.807, 2.05) is 0 Å². The summed E-state index contributed by atoms with van der Waals surface area (Å²) in [5.41, 5.74) is 5.96. The number of ether oxygens (including phenoxy) is 1. The molecule has 0 amide bonds. The van der Waals surface area contributed by atoms with Gasteiger partial charge in [-0.2, -0.15) is 0 Å². The van der Waals surface area contributed by atoms with Crippen LogP contribution < -0.4 is 10.5 Å². The number of nitrogens with two attached hydrogens (primary N) is 1. The van der Waals surface area contributed by atoms with Crippen molar-refractivity contribution in [2.24, 2.45) is 5.73 Å². The summed E-state index contributed by atoms with van der Waals surface area (Å²) in [6, 6.07) is -0.102. The molecule has 100 valence electrons. The van der Waals surface area contributed by atoms with Crippen LogP contribution in [0.25, 0.3) is 0 Å². The lowest BCUT2D eigenvalue weighted by Crippen LogP contribution is -2.52. The van der Waals surface area contributed by atoms with Gasteiger partial charge in [0.1, 0.15) is 0 Å². The summed E-state index contributed by atoms with van der Waals surface area (Å²) in [7, 11) is -3.23. The van der Waals surface area contributed by atoms with Gasteiger partial charge in [0.25, 0.3) is 0 Å². The van der Waals surface area contributed by atoms with Crippen LogP contribution in [-0.4, -0.2) is 39.0 Å². The highest BCUT2D eigenvalue weighted by Crippen LogP contribution is 2.20. The maximum absolute atomic E-state index is 12.2. The third-order valence-corrected chi connectivity index (χ3v) is 5.72. The minimum absolute atomic E-state index is 0.0293. The average molecular weight is 262 g/mol. The molecule has 0 aromatic rings. The second-order valence-corrected chi connectivity index (χ2v) is 7.02. The SMILES string of the molecule is N[C@@H]1CCCC[C@H]1NS(=O)(=O)C1CCOCC1. The van der Waals surface area contributed by atoms with Crippen molar-refractivity contribution < 1.29 is 13.2 Å². The van der Waals surface area contributed by atoms with Crippen LogP contribution in [0.1, 0.15) is 38.5 Å². The zero-order valence-electron chi connectivity index (χ0n) is 10.1. The molecular formula is C11H22N2O3S. The highest BCUT2D eigenvalue weighted by molar-refractivity contribution is 7.90. The summed E-state index contributed by atoms with van der Waals surface area (Å²) in [5, 5.41) is -0.301. The molecule has 1 aliphatic heterocycles. The Morgan fingerprint density at radius 1 is 1.06 bits per heavy atom. The summed E-state index contributed by atoms with van der Waals surface area (Å²) in [5.74, 6) is 0. The maximum Gasteiger partial charge on any atom is 0.214 e. The van der Waals surface area contributed by atoms with Crippen LogP contribution in [0.2, 0.25) is 0 Å².